The van der Waals surface area contributed by atoms with Crippen LogP contribution in [0.1, 0.15) is 31.0 Å². The number of rotatable bonds is 11. The lowest BCUT2D eigenvalue weighted by Crippen LogP contribution is -2.39. The van der Waals surface area contributed by atoms with Gasteiger partial charge < -0.3 is 14.2 Å². The summed E-state index contributed by atoms with van der Waals surface area (Å²) in [5.41, 5.74) is 2.88. The van der Waals surface area contributed by atoms with E-state index in [0.29, 0.717) is 43.2 Å². The molecule has 3 heterocycles. The number of carbonyl (C=O) groups excluding carboxylic acids is 1. The molecule has 49 heavy (non-hydrogen) atoms. The van der Waals surface area contributed by atoms with Gasteiger partial charge in [-0.15, -0.1) is 0 Å². The summed E-state index contributed by atoms with van der Waals surface area (Å²) in [6, 6.07) is 20.3. The second-order valence-electron chi connectivity index (χ2n) is 10.8. The lowest BCUT2D eigenvalue weighted by molar-refractivity contribution is -0.385. The summed E-state index contributed by atoms with van der Waals surface area (Å²) in [5, 5.41) is 16.8. The topological polar surface area (TPSA) is 140 Å². The number of esters is 1. The van der Waals surface area contributed by atoms with Crippen LogP contribution in [0.2, 0.25) is 0 Å². The van der Waals surface area contributed by atoms with Gasteiger partial charge in [-0.25, -0.2) is 14.5 Å². The maximum Gasteiger partial charge on any atom is 0.338 e. The number of methoxy groups -OCH3 is 1. The first-order valence-corrected chi connectivity index (χ1v) is 16.1. The van der Waals surface area contributed by atoms with Crippen LogP contribution in [0.4, 0.5) is 5.69 Å². The molecule has 3 aromatic carbocycles. The predicted molar refractivity (Wildman–Crippen MR) is 185 cm³/mol. The van der Waals surface area contributed by atoms with E-state index in [1.165, 1.54) is 16.7 Å². The molecule has 0 unspecified atom stereocenters. The molecule has 0 bridgehead atoms. The molecule has 5 aromatic rings. The van der Waals surface area contributed by atoms with E-state index in [2.05, 4.69) is 11.6 Å². The van der Waals surface area contributed by atoms with Gasteiger partial charge in [-0.1, -0.05) is 54.3 Å². The van der Waals surface area contributed by atoms with Gasteiger partial charge in [0.1, 0.15) is 18.1 Å². The standard InChI is InChI=1S/C36H31N5O7S/c1-5-18-48-35(43)31-22(3)37-36-40(33(31)23-12-15-27(46-4)16-13-23)34(42)30(49-36)20-25-21-39(26-10-8-7-9-11-26)38-32(25)24-14-17-29(47-6-2)28(19-24)41(44)45/h5,7-17,19-21,33H,1,6,18H2,2-4H3/b30-20+/t33-/m0/s1. The molecule has 0 saturated heterocycles. The highest BCUT2D eigenvalue weighted by atomic mass is 32.1. The smallest absolute Gasteiger partial charge is 0.338 e. The molecule has 2 aromatic heterocycles. The van der Waals surface area contributed by atoms with E-state index in [-0.39, 0.29) is 35.8 Å². The van der Waals surface area contributed by atoms with E-state index < -0.39 is 16.9 Å². The van der Waals surface area contributed by atoms with Gasteiger partial charge in [-0.3, -0.25) is 19.5 Å². The first kappa shape index (κ1) is 32.8. The first-order chi connectivity index (χ1) is 23.7. The normalized spacial score (nSPS) is 14.2. The van der Waals surface area contributed by atoms with Gasteiger partial charge in [0.15, 0.2) is 10.6 Å². The van der Waals surface area contributed by atoms with E-state index in [1.807, 2.05) is 30.3 Å². The fourth-order valence-corrected chi connectivity index (χ4v) is 6.59. The highest BCUT2D eigenvalue weighted by Gasteiger charge is 2.33. The van der Waals surface area contributed by atoms with Crippen LogP contribution < -0.4 is 24.4 Å². The highest BCUT2D eigenvalue weighted by molar-refractivity contribution is 7.07. The van der Waals surface area contributed by atoms with Crippen molar-refractivity contribution in [3.05, 3.63) is 144 Å². The number of fused-ring (bicyclic) bond motifs is 1. The van der Waals surface area contributed by atoms with Crippen molar-refractivity contribution in [2.24, 2.45) is 4.99 Å². The minimum atomic E-state index is -0.832. The molecule has 1 aliphatic rings. The Bertz CT molecular complexity index is 2290. The molecule has 0 radical (unpaired) electrons. The second kappa shape index (κ2) is 14.0. The van der Waals surface area contributed by atoms with Crippen LogP contribution in [0, 0.1) is 10.1 Å². The molecule has 13 heteroatoms. The molecule has 0 fully saturated rings. The Morgan fingerprint density at radius 1 is 1.12 bits per heavy atom. The largest absolute Gasteiger partial charge is 0.497 e. The predicted octanol–water partition coefficient (Wildman–Crippen LogP) is 5.13. The zero-order chi connectivity index (χ0) is 34.7. The summed E-state index contributed by atoms with van der Waals surface area (Å²) < 4.78 is 19.7. The summed E-state index contributed by atoms with van der Waals surface area (Å²) in [7, 11) is 1.56. The van der Waals surface area contributed by atoms with Gasteiger partial charge in [0, 0.05) is 23.4 Å². The van der Waals surface area contributed by atoms with Crippen molar-refractivity contribution in [2.45, 2.75) is 19.9 Å². The number of ether oxygens (including phenoxy) is 3. The Morgan fingerprint density at radius 3 is 2.55 bits per heavy atom. The monoisotopic (exact) mass is 677 g/mol. The number of hydrogen-bond donors (Lipinski definition) is 0. The third kappa shape index (κ3) is 6.43. The average Bonchev–Trinajstić information content (AvgIpc) is 3.67. The summed E-state index contributed by atoms with van der Waals surface area (Å²) in [6.45, 7) is 7.34. The van der Waals surface area contributed by atoms with Crippen molar-refractivity contribution >= 4 is 29.1 Å². The Balaban J connectivity index is 1.55. The van der Waals surface area contributed by atoms with E-state index in [4.69, 9.17) is 19.3 Å². The fraction of sp³-hybridized carbons (Fsp3) is 0.167. The summed E-state index contributed by atoms with van der Waals surface area (Å²) in [4.78, 5) is 44.2. The Morgan fingerprint density at radius 2 is 1.88 bits per heavy atom. The zero-order valence-electron chi connectivity index (χ0n) is 26.9. The molecule has 0 spiro atoms. The number of hydrogen-bond acceptors (Lipinski definition) is 10. The Labute approximate surface area is 284 Å². The van der Waals surface area contributed by atoms with Crippen LogP contribution in [0.15, 0.2) is 113 Å². The molecule has 0 saturated carbocycles. The maximum atomic E-state index is 14.3. The number of aromatic nitrogens is 3. The summed E-state index contributed by atoms with van der Waals surface area (Å²) in [6.07, 6.45) is 4.92. The molecule has 0 N–H and O–H groups in total. The maximum absolute atomic E-state index is 14.3. The van der Waals surface area contributed by atoms with Crippen molar-refractivity contribution in [3.8, 4) is 28.4 Å². The van der Waals surface area contributed by atoms with Crippen LogP contribution in [-0.4, -0.2) is 45.6 Å². The van der Waals surface area contributed by atoms with E-state index in [9.17, 15) is 19.7 Å². The number of nitro benzene ring substituents is 1. The molecule has 6 rings (SSSR count). The number of thiazole rings is 1. The molecule has 1 aliphatic heterocycles. The summed E-state index contributed by atoms with van der Waals surface area (Å²) in [5.74, 6) is 0.148. The van der Waals surface area contributed by atoms with Gasteiger partial charge in [-0.2, -0.15) is 5.10 Å². The molecule has 248 valence electrons. The van der Waals surface area contributed by atoms with E-state index in [1.54, 1.807) is 74.3 Å². The number of allylic oxidation sites excluding steroid dienone is 1. The molecule has 0 aliphatic carbocycles. The molecular formula is C36H31N5O7S. The van der Waals surface area contributed by atoms with Crippen LogP contribution in [-0.2, 0) is 9.53 Å². The number of benzene rings is 3. The second-order valence-corrected chi connectivity index (χ2v) is 11.8. The van der Waals surface area contributed by atoms with Crippen molar-refractivity contribution < 1.29 is 23.9 Å². The average molecular weight is 678 g/mol. The van der Waals surface area contributed by atoms with Crippen LogP contribution in [0.3, 0.4) is 0 Å². The Kier molecular flexibility index (Phi) is 9.35. The molecular weight excluding hydrogens is 646 g/mol. The highest BCUT2D eigenvalue weighted by Crippen LogP contribution is 2.34. The van der Waals surface area contributed by atoms with Crippen LogP contribution in [0.5, 0.6) is 11.5 Å². The summed E-state index contributed by atoms with van der Waals surface area (Å²) >= 11 is 1.16. The molecule has 1 atom stereocenters. The van der Waals surface area contributed by atoms with Crippen molar-refractivity contribution in [2.75, 3.05) is 20.3 Å². The van der Waals surface area contributed by atoms with Crippen LogP contribution >= 0.6 is 11.3 Å². The third-order valence-corrected chi connectivity index (χ3v) is 8.77. The minimum Gasteiger partial charge on any atom is -0.497 e. The fourth-order valence-electron chi connectivity index (χ4n) is 5.55. The van der Waals surface area contributed by atoms with Crippen molar-refractivity contribution in [1.29, 1.82) is 0 Å². The third-order valence-electron chi connectivity index (χ3n) is 7.78. The van der Waals surface area contributed by atoms with E-state index >= 15 is 0 Å². The van der Waals surface area contributed by atoms with Crippen molar-refractivity contribution in [1.82, 2.24) is 14.3 Å². The van der Waals surface area contributed by atoms with E-state index in [0.717, 1.165) is 17.0 Å². The van der Waals surface area contributed by atoms with Gasteiger partial charge in [-0.05, 0) is 61.9 Å². The van der Waals surface area contributed by atoms with Gasteiger partial charge in [0.25, 0.3) is 5.56 Å². The minimum absolute atomic E-state index is 0.00669. The lowest BCUT2D eigenvalue weighted by Gasteiger charge is -2.24. The number of nitrogens with zero attached hydrogens (tertiary/aromatic N) is 5. The van der Waals surface area contributed by atoms with Gasteiger partial charge in [0.2, 0.25) is 0 Å². The molecule has 12 nitrogen and oxygen atoms in total. The SMILES string of the molecule is C=CCOC(=O)C1=C(C)N=c2s/c(=C/c3cn(-c4ccccc4)nc3-c3ccc(OCC)c([N+](=O)[O-])c3)c(=O)n2[C@H]1c1ccc(OC)cc1. The number of carbonyl (C=O) groups is 1. The van der Waals surface area contributed by atoms with Gasteiger partial charge >= 0.3 is 11.7 Å². The van der Waals surface area contributed by atoms with Crippen LogP contribution in [0.25, 0.3) is 23.0 Å². The molecule has 0 amide bonds. The van der Waals surface area contributed by atoms with Crippen molar-refractivity contribution in [3.63, 3.8) is 0 Å². The number of para-hydroxylation sites is 1. The lowest BCUT2D eigenvalue weighted by atomic mass is 9.96. The Hall–Kier alpha value is -6.08. The zero-order valence-corrected chi connectivity index (χ0v) is 27.7. The quantitative estimate of drug-likeness (QED) is 0.0811. The first-order valence-electron chi connectivity index (χ1n) is 15.2. The number of nitro groups is 1. The van der Waals surface area contributed by atoms with Gasteiger partial charge in [0.05, 0.1) is 46.2 Å².